The van der Waals surface area contributed by atoms with Gasteiger partial charge in [0.15, 0.2) is 4.77 Å². The maximum absolute atomic E-state index is 5.45. The first-order valence-electron chi connectivity index (χ1n) is 6.28. The van der Waals surface area contributed by atoms with E-state index in [-0.39, 0.29) is 6.04 Å². The highest BCUT2D eigenvalue weighted by molar-refractivity contribution is 7.71. The summed E-state index contributed by atoms with van der Waals surface area (Å²) in [4.78, 5) is 7.69. The molecule has 19 heavy (non-hydrogen) atoms. The monoisotopic (exact) mass is 269 g/mol. The summed E-state index contributed by atoms with van der Waals surface area (Å²) in [6.07, 6.45) is 1.81. The zero-order chi connectivity index (χ0) is 13.4. The Labute approximate surface area is 116 Å². The van der Waals surface area contributed by atoms with Crippen LogP contribution in [0.1, 0.15) is 24.2 Å². The molecule has 0 aliphatic heterocycles. The van der Waals surface area contributed by atoms with Gasteiger partial charge in [-0.25, -0.2) is 0 Å². The molecule has 96 valence electrons. The number of rotatable bonds is 2. The van der Waals surface area contributed by atoms with E-state index in [4.69, 9.17) is 12.2 Å². The Kier molecular flexibility index (Phi) is 2.95. The van der Waals surface area contributed by atoms with E-state index < -0.39 is 0 Å². The van der Waals surface area contributed by atoms with Crippen molar-refractivity contribution in [2.75, 3.05) is 0 Å². The molecule has 1 N–H and O–H groups in total. The van der Waals surface area contributed by atoms with Gasteiger partial charge in [-0.2, -0.15) is 0 Å². The van der Waals surface area contributed by atoms with Gasteiger partial charge in [0, 0.05) is 6.20 Å². The number of nitrogens with one attached hydrogen (secondary N) is 1. The number of aromatic nitrogens is 3. The zero-order valence-corrected chi connectivity index (χ0v) is 11.7. The molecule has 3 aromatic rings. The molecule has 0 fully saturated rings. The Balaban J connectivity index is 2.20. The Morgan fingerprint density at radius 3 is 2.84 bits per heavy atom. The van der Waals surface area contributed by atoms with E-state index in [1.165, 1.54) is 5.56 Å². The molecular formula is C15H15N3S. The summed E-state index contributed by atoms with van der Waals surface area (Å²) in [6, 6.07) is 12.4. The maximum Gasteiger partial charge on any atom is 0.178 e. The average Bonchev–Trinajstić information content (AvgIpc) is 2.74. The first kappa shape index (κ1) is 12.1. The third-order valence-corrected chi connectivity index (χ3v) is 3.67. The summed E-state index contributed by atoms with van der Waals surface area (Å²) in [6.45, 7) is 4.20. The van der Waals surface area contributed by atoms with Gasteiger partial charge in [0.1, 0.15) is 0 Å². The van der Waals surface area contributed by atoms with Crippen LogP contribution in [0, 0.1) is 11.7 Å². The predicted octanol–water partition coefficient (Wildman–Crippen LogP) is 4.01. The van der Waals surface area contributed by atoms with Crippen molar-refractivity contribution in [3.05, 3.63) is 58.6 Å². The van der Waals surface area contributed by atoms with Crippen molar-refractivity contribution in [3.8, 4) is 0 Å². The molecule has 3 rings (SSSR count). The van der Waals surface area contributed by atoms with Gasteiger partial charge in [0.25, 0.3) is 0 Å². The number of imidazole rings is 1. The lowest BCUT2D eigenvalue weighted by atomic mass is 10.2. The molecular weight excluding hydrogens is 254 g/mol. The van der Waals surface area contributed by atoms with E-state index in [0.29, 0.717) is 0 Å². The average molecular weight is 269 g/mol. The van der Waals surface area contributed by atoms with Crippen molar-refractivity contribution in [2.24, 2.45) is 0 Å². The van der Waals surface area contributed by atoms with Crippen LogP contribution in [0.15, 0.2) is 42.6 Å². The SMILES string of the molecule is Cc1ccc2c(c1)[nH]c(=S)n2C(C)c1ccccn1. The van der Waals surface area contributed by atoms with Crippen molar-refractivity contribution in [1.29, 1.82) is 0 Å². The van der Waals surface area contributed by atoms with E-state index in [1.807, 2.05) is 24.4 Å². The smallest absolute Gasteiger partial charge is 0.178 e. The number of hydrogen-bond donors (Lipinski definition) is 1. The van der Waals surface area contributed by atoms with E-state index in [9.17, 15) is 0 Å². The summed E-state index contributed by atoms with van der Waals surface area (Å²) in [5.74, 6) is 0. The minimum atomic E-state index is 0.116. The molecule has 0 aliphatic carbocycles. The van der Waals surface area contributed by atoms with Gasteiger partial charge in [0.05, 0.1) is 22.8 Å². The number of fused-ring (bicyclic) bond motifs is 1. The summed E-state index contributed by atoms with van der Waals surface area (Å²) in [7, 11) is 0. The molecule has 0 radical (unpaired) electrons. The van der Waals surface area contributed by atoms with Crippen LogP contribution in [0.3, 0.4) is 0 Å². The minimum Gasteiger partial charge on any atom is -0.331 e. The fraction of sp³-hybridized carbons (Fsp3) is 0.200. The Morgan fingerprint density at radius 1 is 1.26 bits per heavy atom. The molecule has 0 spiro atoms. The molecule has 0 amide bonds. The van der Waals surface area contributed by atoms with Gasteiger partial charge in [0.2, 0.25) is 0 Å². The lowest BCUT2D eigenvalue weighted by Crippen LogP contribution is -2.08. The Bertz CT molecular complexity index is 771. The van der Waals surface area contributed by atoms with E-state index in [2.05, 4.69) is 46.6 Å². The quantitative estimate of drug-likeness (QED) is 0.713. The Hall–Kier alpha value is -1.94. The van der Waals surface area contributed by atoms with Gasteiger partial charge < -0.3 is 9.55 Å². The molecule has 1 aromatic carbocycles. The lowest BCUT2D eigenvalue weighted by Gasteiger charge is -2.14. The molecule has 0 aliphatic rings. The first-order valence-corrected chi connectivity index (χ1v) is 6.69. The highest BCUT2D eigenvalue weighted by Crippen LogP contribution is 2.23. The Morgan fingerprint density at radius 2 is 2.11 bits per heavy atom. The second-order valence-corrected chi connectivity index (χ2v) is 5.14. The molecule has 4 heteroatoms. The molecule has 2 heterocycles. The van der Waals surface area contributed by atoms with Crippen LogP contribution in [0.5, 0.6) is 0 Å². The van der Waals surface area contributed by atoms with Crippen molar-refractivity contribution >= 4 is 23.3 Å². The third-order valence-electron chi connectivity index (χ3n) is 3.38. The highest BCUT2D eigenvalue weighted by Gasteiger charge is 2.13. The summed E-state index contributed by atoms with van der Waals surface area (Å²) >= 11 is 5.45. The molecule has 1 unspecified atom stereocenters. The molecule has 1 atom stereocenters. The molecule has 0 saturated carbocycles. The molecule has 0 saturated heterocycles. The zero-order valence-electron chi connectivity index (χ0n) is 10.9. The number of pyridine rings is 1. The van der Waals surface area contributed by atoms with Crippen LogP contribution in [0.2, 0.25) is 0 Å². The van der Waals surface area contributed by atoms with Crippen molar-refractivity contribution in [2.45, 2.75) is 19.9 Å². The van der Waals surface area contributed by atoms with Crippen molar-refractivity contribution in [1.82, 2.24) is 14.5 Å². The van der Waals surface area contributed by atoms with Gasteiger partial charge in [-0.1, -0.05) is 12.1 Å². The minimum absolute atomic E-state index is 0.116. The third kappa shape index (κ3) is 2.08. The number of benzene rings is 1. The van der Waals surface area contributed by atoms with Crippen LogP contribution in [0.4, 0.5) is 0 Å². The van der Waals surface area contributed by atoms with Crippen molar-refractivity contribution < 1.29 is 0 Å². The summed E-state index contributed by atoms with van der Waals surface area (Å²) < 4.78 is 2.85. The maximum atomic E-state index is 5.45. The molecule has 2 aromatic heterocycles. The predicted molar refractivity (Wildman–Crippen MR) is 79.9 cm³/mol. The van der Waals surface area contributed by atoms with Crippen LogP contribution < -0.4 is 0 Å². The standard InChI is InChI=1S/C15H15N3S/c1-10-6-7-14-13(9-10)17-15(19)18(14)11(2)12-5-3-4-8-16-12/h3-9,11H,1-2H3,(H,17,19). The summed E-state index contributed by atoms with van der Waals surface area (Å²) in [5.41, 5.74) is 4.43. The molecule has 0 bridgehead atoms. The fourth-order valence-electron chi connectivity index (χ4n) is 2.38. The number of aromatic amines is 1. The second-order valence-electron chi connectivity index (χ2n) is 4.75. The number of aryl methyl sites for hydroxylation is 1. The van der Waals surface area contributed by atoms with Crippen LogP contribution in [0.25, 0.3) is 11.0 Å². The number of H-pyrrole nitrogens is 1. The largest absolute Gasteiger partial charge is 0.331 e. The number of hydrogen-bond acceptors (Lipinski definition) is 2. The van der Waals surface area contributed by atoms with E-state index >= 15 is 0 Å². The normalized spacial score (nSPS) is 12.7. The van der Waals surface area contributed by atoms with Gasteiger partial charge >= 0.3 is 0 Å². The van der Waals surface area contributed by atoms with Gasteiger partial charge in [-0.05, 0) is 55.9 Å². The fourth-order valence-corrected chi connectivity index (χ4v) is 2.75. The first-order chi connectivity index (χ1) is 9.16. The van der Waals surface area contributed by atoms with Gasteiger partial charge in [-0.15, -0.1) is 0 Å². The second kappa shape index (κ2) is 4.63. The topological polar surface area (TPSA) is 33.6 Å². The lowest BCUT2D eigenvalue weighted by molar-refractivity contribution is 0.630. The highest BCUT2D eigenvalue weighted by atomic mass is 32.1. The summed E-state index contributed by atoms with van der Waals surface area (Å²) in [5, 5.41) is 0. The molecule has 3 nitrogen and oxygen atoms in total. The van der Waals surface area contributed by atoms with E-state index in [1.54, 1.807) is 0 Å². The van der Waals surface area contributed by atoms with Crippen LogP contribution in [-0.4, -0.2) is 14.5 Å². The van der Waals surface area contributed by atoms with Crippen LogP contribution in [-0.2, 0) is 0 Å². The van der Waals surface area contributed by atoms with Crippen LogP contribution >= 0.6 is 12.2 Å². The van der Waals surface area contributed by atoms with Crippen molar-refractivity contribution in [3.63, 3.8) is 0 Å². The van der Waals surface area contributed by atoms with E-state index in [0.717, 1.165) is 21.5 Å². The van der Waals surface area contributed by atoms with Gasteiger partial charge in [-0.3, -0.25) is 4.98 Å². The number of nitrogens with zero attached hydrogens (tertiary/aromatic N) is 2.